The first kappa shape index (κ1) is 20.2. The fourth-order valence-corrected chi connectivity index (χ4v) is 7.33. The summed E-state index contributed by atoms with van der Waals surface area (Å²) in [5.41, 5.74) is 1.81. The molecule has 0 aromatic heterocycles. The van der Waals surface area contributed by atoms with Crippen LogP contribution in [-0.2, 0) is 14.3 Å². The number of esters is 1. The zero-order chi connectivity index (χ0) is 20.1. The molecule has 156 valence electrons. The van der Waals surface area contributed by atoms with Gasteiger partial charge in [-0.2, -0.15) is 0 Å². The van der Waals surface area contributed by atoms with Crippen LogP contribution in [0, 0.1) is 34.5 Å². The minimum atomic E-state index is 0.00863. The van der Waals surface area contributed by atoms with E-state index < -0.39 is 0 Å². The van der Waals surface area contributed by atoms with Crippen LogP contribution in [0.3, 0.4) is 0 Å². The maximum Gasteiger partial charge on any atom is 0.306 e. The van der Waals surface area contributed by atoms with Gasteiger partial charge in [0.2, 0.25) is 0 Å². The normalized spacial score (nSPS) is 42.5. The van der Waals surface area contributed by atoms with Gasteiger partial charge in [0.25, 0.3) is 0 Å². The Kier molecular flexibility index (Phi) is 5.25. The summed E-state index contributed by atoms with van der Waals surface area (Å²) in [5, 5.41) is 0. The number of allylic oxidation sites excluding steroid dienone is 1. The summed E-state index contributed by atoms with van der Waals surface area (Å²) in [6.07, 6.45) is 12.3. The Morgan fingerprint density at radius 3 is 2.64 bits per heavy atom. The monoisotopic (exact) mass is 386 g/mol. The fraction of sp³-hybridized carbons (Fsp3) is 0.840. The summed E-state index contributed by atoms with van der Waals surface area (Å²) in [6, 6.07) is 0. The van der Waals surface area contributed by atoms with Gasteiger partial charge in [-0.3, -0.25) is 9.59 Å². The number of fused-ring (bicyclic) bond motifs is 5. The van der Waals surface area contributed by atoms with Crippen LogP contribution in [-0.4, -0.2) is 17.9 Å². The molecule has 4 rings (SSSR count). The van der Waals surface area contributed by atoms with Crippen LogP contribution in [0.4, 0.5) is 0 Å². The lowest BCUT2D eigenvalue weighted by Gasteiger charge is -2.57. The molecule has 3 nitrogen and oxygen atoms in total. The van der Waals surface area contributed by atoms with E-state index >= 15 is 0 Å². The lowest BCUT2D eigenvalue weighted by Crippen LogP contribution is -2.51. The van der Waals surface area contributed by atoms with E-state index in [2.05, 4.69) is 27.7 Å². The molecule has 28 heavy (non-hydrogen) atoms. The van der Waals surface area contributed by atoms with Crippen molar-refractivity contribution in [1.29, 1.82) is 0 Å². The van der Waals surface area contributed by atoms with Gasteiger partial charge in [0.15, 0.2) is 5.78 Å². The van der Waals surface area contributed by atoms with Crippen LogP contribution < -0.4 is 0 Å². The van der Waals surface area contributed by atoms with Crippen molar-refractivity contribution in [2.45, 2.75) is 98.0 Å². The van der Waals surface area contributed by atoms with Crippen LogP contribution in [0.5, 0.6) is 0 Å². The van der Waals surface area contributed by atoms with Crippen molar-refractivity contribution in [3.05, 3.63) is 11.6 Å². The van der Waals surface area contributed by atoms with Gasteiger partial charge >= 0.3 is 5.97 Å². The molecule has 0 bridgehead atoms. The summed E-state index contributed by atoms with van der Waals surface area (Å²) in [5.74, 6) is 2.99. The molecule has 0 unspecified atom stereocenters. The predicted octanol–water partition coefficient (Wildman–Crippen LogP) is 5.87. The Bertz CT molecular complexity index is 677. The van der Waals surface area contributed by atoms with E-state index in [1.807, 2.05) is 6.08 Å². The maximum atomic E-state index is 12.4. The minimum absolute atomic E-state index is 0.00863. The van der Waals surface area contributed by atoms with Gasteiger partial charge in [0, 0.05) is 18.3 Å². The highest BCUT2D eigenvalue weighted by Gasteiger charge is 2.59. The molecule has 0 radical (unpaired) electrons. The number of carbonyl (C=O) groups is 2. The first-order valence-electron chi connectivity index (χ1n) is 11.7. The Morgan fingerprint density at radius 1 is 1.11 bits per heavy atom. The molecule has 4 aliphatic carbocycles. The third-order valence-electron chi connectivity index (χ3n) is 9.07. The molecule has 0 heterocycles. The second-order valence-corrected chi connectivity index (χ2v) is 11.0. The second-order valence-electron chi connectivity index (χ2n) is 11.0. The molecule has 0 spiro atoms. The molecule has 0 saturated heterocycles. The van der Waals surface area contributed by atoms with Crippen LogP contribution in [0.2, 0.25) is 0 Å². The van der Waals surface area contributed by atoms with Crippen molar-refractivity contribution in [3.8, 4) is 0 Å². The molecule has 0 N–H and O–H groups in total. The van der Waals surface area contributed by atoms with E-state index in [4.69, 9.17) is 4.74 Å². The fourth-order valence-electron chi connectivity index (χ4n) is 7.33. The second kappa shape index (κ2) is 7.29. The molecule has 0 aromatic rings. The van der Waals surface area contributed by atoms with E-state index in [1.165, 1.54) is 24.8 Å². The zero-order valence-electron chi connectivity index (χ0n) is 18.3. The standard InChI is InChI=1S/C25H38O3/c1-16(2)5-10-23(27)28-22-9-8-20-19-7-6-17-15-18(26)11-13-24(17,3)21(19)12-14-25(20,22)4/h15-16,19-22H,5-14H2,1-4H3/t19-,20-,21-,22+,24+,25+/m1/s1. The Hall–Kier alpha value is -1.12. The summed E-state index contributed by atoms with van der Waals surface area (Å²) in [4.78, 5) is 24.4. The van der Waals surface area contributed by atoms with Crippen LogP contribution in [0.15, 0.2) is 11.6 Å². The van der Waals surface area contributed by atoms with E-state index in [1.54, 1.807) is 0 Å². The third kappa shape index (κ3) is 3.27. The van der Waals surface area contributed by atoms with Gasteiger partial charge < -0.3 is 4.74 Å². The Morgan fingerprint density at radius 2 is 1.89 bits per heavy atom. The molecule has 6 atom stereocenters. The largest absolute Gasteiger partial charge is 0.462 e. The molecule has 0 aromatic carbocycles. The Labute approximate surface area is 170 Å². The van der Waals surface area contributed by atoms with Crippen LogP contribution in [0.25, 0.3) is 0 Å². The summed E-state index contributed by atoms with van der Waals surface area (Å²) in [7, 11) is 0. The number of ether oxygens (including phenoxy) is 1. The molecular weight excluding hydrogens is 348 g/mol. The molecule has 0 aliphatic heterocycles. The summed E-state index contributed by atoms with van der Waals surface area (Å²) in [6.45, 7) is 9.15. The zero-order valence-corrected chi connectivity index (χ0v) is 18.3. The average molecular weight is 387 g/mol. The van der Waals surface area contributed by atoms with Crippen molar-refractivity contribution in [3.63, 3.8) is 0 Å². The number of rotatable bonds is 4. The number of carbonyl (C=O) groups excluding carboxylic acids is 2. The average Bonchev–Trinajstić information content (AvgIpc) is 2.97. The highest BCUT2D eigenvalue weighted by molar-refractivity contribution is 5.91. The topological polar surface area (TPSA) is 43.4 Å². The molecule has 0 amide bonds. The highest BCUT2D eigenvalue weighted by Crippen LogP contribution is 2.65. The molecule has 3 saturated carbocycles. The van der Waals surface area contributed by atoms with Gasteiger partial charge in [0.1, 0.15) is 6.10 Å². The maximum absolute atomic E-state index is 12.4. The quantitative estimate of drug-likeness (QED) is 0.568. The SMILES string of the molecule is CC(C)CCC(=O)O[C@H]1CC[C@@H]2[C@H]3CCC4=CC(=O)CC[C@]4(C)[C@@H]3CC[C@]12C. The molecular formula is C25H38O3. The predicted molar refractivity (Wildman–Crippen MR) is 111 cm³/mol. The van der Waals surface area contributed by atoms with Gasteiger partial charge in [-0.05, 0) is 86.5 Å². The third-order valence-corrected chi connectivity index (χ3v) is 9.07. The van der Waals surface area contributed by atoms with Crippen LogP contribution >= 0.6 is 0 Å². The van der Waals surface area contributed by atoms with Crippen molar-refractivity contribution in [1.82, 2.24) is 0 Å². The first-order chi connectivity index (χ1) is 13.2. The number of hydrogen-bond donors (Lipinski definition) is 0. The Balaban J connectivity index is 1.49. The van der Waals surface area contributed by atoms with E-state index in [0.717, 1.165) is 44.4 Å². The van der Waals surface area contributed by atoms with Gasteiger partial charge in [-0.15, -0.1) is 0 Å². The highest BCUT2D eigenvalue weighted by atomic mass is 16.5. The van der Waals surface area contributed by atoms with Gasteiger partial charge in [0.05, 0.1) is 0 Å². The van der Waals surface area contributed by atoms with Crippen molar-refractivity contribution < 1.29 is 14.3 Å². The van der Waals surface area contributed by atoms with Crippen molar-refractivity contribution in [2.24, 2.45) is 34.5 Å². The molecule has 4 aliphatic rings. The van der Waals surface area contributed by atoms with Crippen LogP contribution in [0.1, 0.15) is 91.9 Å². The van der Waals surface area contributed by atoms with Crippen molar-refractivity contribution in [2.75, 3.05) is 0 Å². The van der Waals surface area contributed by atoms with Gasteiger partial charge in [-0.1, -0.05) is 33.3 Å². The number of ketones is 1. The lowest BCUT2D eigenvalue weighted by molar-refractivity contribution is -0.160. The van der Waals surface area contributed by atoms with E-state index in [9.17, 15) is 9.59 Å². The summed E-state index contributed by atoms with van der Waals surface area (Å²) >= 11 is 0. The molecule has 3 heteroatoms. The lowest BCUT2D eigenvalue weighted by atomic mass is 9.47. The number of hydrogen-bond acceptors (Lipinski definition) is 3. The summed E-state index contributed by atoms with van der Waals surface area (Å²) < 4.78 is 6.06. The molecule has 3 fully saturated rings. The van der Waals surface area contributed by atoms with E-state index in [0.29, 0.717) is 30.0 Å². The van der Waals surface area contributed by atoms with Gasteiger partial charge in [-0.25, -0.2) is 0 Å². The first-order valence-corrected chi connectivity index (χ1v) is 11.7. The van der Waals surface area contributed by atoms with Crippen molar-refractivity contribution >= 4 is 11.8 Å². The minimum Gasteiger partial charge on any atom is -0.462 e. The van der Waals surface area contributed by atoms with E-state index in [-0.39, 0.29) is 22.9 Å². The smallest absolute Gasteiger partial charge is 0.306 e.